The Labute approximate surface area is 112 Å². The summed E-state index contributed by atoms with van der Waals surface area (Å²) in [7, 11) is -3.65. The Morgan fingerprint density at radius 3 is 2.56 bits per heavy atom. The highest BCUT2D eigenvalue weighted by Gasteiger charge is 2.19. The van der Waals surface area contributed by atoms with E-state index in [0.29, 0.717) is 24.9 Å². The van der Waals surface area contributed by atoms with E-state index in [4.69, 9.17) is 11.6 Å². The molecule has 1 aromatic rings. The summed E-state index contributed by atoms with van der Waals surface area (Å²) >= 11 is 5.88. The van der Waals surface area contributed by atoms with Gasteiger partial charge in [-0.05, 0) is 24.6 Å². The molecule has 0 unspecified atom stereocenters. The van der Waals surface area contributed by atoms with Crippen LogP contribution in [-0.2, 0) is 10.0 Å². The summed E-state index contributed by atoms with van der Waals surface area (Å²) in [6.07, 6.45) is 1.01. The molecule has 0 amide bonds. The minimum Gasteiger partial charge on any atom is -0.294 e. The van der Waals surface area contributed by atoms with Crippen molar-refractivity contribution in [2.75, 3.05) is 6.54 Å². The van der Waals surface area contributed by atoms with Gasteiger partial charge < -0.3 is 0 Å². The Morgan fingerprint density at radius 1 is 1.33 bits per heavy atom. The van der Waals surface area contributed by atoms with Crippen molar-refractivity contribution < 1.29 is 13.2 Å². The smallest absolute Gasteiger partial charge is 0.242 e. The molecule has 1 N–H and O–H groups in total. The molecule has 0 fully saturated rings. The van der Waals surface area contributed by atoms with Crippen LogP contribution in [0.1, 0.15) is 37.0 Å². The lowest BCUT2D eigenvalue weighted by molar-refractivity contribution is 0.0988. The number of hydrogen-bond donors (Lipinski definition) is 1. The fourth-order valence-electron chi connectivity index (χ4n) is 1.40. The van der Waals surface area contributed by atoms with Crippen LogP contribution in [0.15, 0.2) is 23.1 Å². The molecule has 1 aromatic carbocycles. The van der Waals surface area contributed by atoms with E-state index in [1.807, 2.05) is 6.92 Å². The number of halogens is 1. The third-order valence-corrected chi connectivity index (χ3v) is 4.35. The first-order valence-corrected chi connectivity index (χ1v) is 7.61. The van der Waals surface area contributed by atoms with E-state index in [1.165, 1.54) is 18.2 Å². The van der Waals surface area contributed by atoms with Crippen LogP contribution in [0.3, 0.4) is 0 Å². The molecule has 0 aromatic heterocycles. The van der Waals surface area contributed by atoms with E-state index in [-0.39, 0.29) is 15.7 Å². The number of carbonyl (C=O) groups excluding carboxylic acids is 1. The number of sulfonamides is 1. The van der Waals surface area contributed by atoms with Crippen molar-refractivity contribution in [1.82, 2.24) is 4.72 Å². The fraction of sp³-hybridized carbons (Fsp3) is 0.417. The topological polar surface area (TPSA) is 63.2 Å². The predicted octanol–water partition coefficient (Wildman–Crippen LogP) is 2.62. The highest BCUT2D eigenvalue weighted by atomic mass is 35.5. The second kappa shape index (κ2) is 6.31. The highest BCUT2D eigenvalue weighted by Crippen LogP contribution is 2.23. The van der Waals surface area contributed by atoms with Gasteiger partial charge in [-0.1, -0.05) is 25.4 Å². The molecule has 0 spiro atoms. The molecule has 0 atom stereocenters. The lowest BCUT2D eigenvalue weighted by atomic mass is 10.1. The van der Waals surface area contributed by atoms with Crippen LogP contribution in [-0.4, -0.2) is 20.7 Å². The number of hydrogen-bond acceptors (Lipinski definition) is 3. The molecule has 0 aliphatic heterocycles. The van der Waals surface area contributed by atoms with Crippen LogP contribution >= 0.6 is 11.6 Å². The maximum Gasteiger partial charge on any atom is 0.242 e. The zero-order chi connectivity index (χ0) is 13.8. The van der Waals surface area contributed by atoms with E-state index < -0.39 is 10.0 Å². The zero-order valence-corrected chi connectivity index (χ0v) is 11.9. The number of carbonyl (C=O) groups is 1. The Hall–Kier alpha value is -0.910. The molecule has 6 heteroatoms. The standard InChI is InChI=1S/C12H16ClNO3S/c1-3-7-14-18(16,17)12-8-9(11(15)4-2)5-6-10(12)13/h5-6,8,14H,3-4,7H2,1-2H3. The van der Waals surface area contributed by atoms with Crippen LogP contribution in [0.2, 0.25) is 5.02 Å². The van der Waals surface area contributed by atoms with Crippen LogP contribution in [0.5, 0.6) is 0 Å². The van der Waals surface area contributed by atoms with Gasteiger partial charge in [0.1, 0.15) is 4.90 Å². The molecule has 1 rings (SSSR count). The van der Waals surface area contributed by atoms with Gasteiger partial charge in [0.05, 0.1) is 5.02 Å². The van der Waals surface area contributed by atoms with E-state index >= 15 is 0 Å². The Bertz CT molecular complexity index is 540. The Kier molecular flexibility index (Phi) is 5.31. The number of rotatable bonds is 6. The summed E-state index contributed by atoms with van der Waals surface area (Å²) in [6.45, 7) is 3.92. The number of ketones is 1. The van der Waals surface area contributed by atoms with Gasteiger partial charge in [-0.3, -0.25) is 4.79 Å². The second-order valence-electron chi connectivity index (χ2n) is 3.82. The summed E-state index contributed by atoms with van der Waals surface area (Å²) in [4.78, 5) is 11.5. The molecule has 18 heavy (non-hydrogen) atoms. The summed E-state index contributed by atoms with van der Waals surface area (Å²) in [6, 6.07) is 4.30. The molecular weight excluding hydrogens is 274 g/mol. The van der Waals surface area contributed by atoms with Crippen molar-refractivity contribution in [2.24, 2.45) is 0 Å². The average molecular weight is 290 g/mol. The maximum atomic E-state index is 12.0. The van der Waals surface area contributed by atoms with Gasteiger partial charge in [0, 0.05) is 18.5 Å². The van der Waals surface area contributed by atoms with Crippen LogP contribution in [0.4, 0.5) is 0 Å². The van der Waals surface area contributed by atoms with Crippen molar-refractivity contribution in [3.63, 3.8) is 0 Å². The third-order valence-electron chi connectivity index (χ3n) is 2.41. The molecule has 0 aliphatic rings. The van der Waals surface area contributed by atoms with E-state index in [9.17, 15) is 13.2 Å². The molecule has 0 bridgehead atoms. The second-order valence-corrected chi connectivity index (χ2v) is 5.96. The summed E-state index contributed by atoms with van der Waals surface area (Å²) in [5.41, 5.74) is 0.360. The monoisotopic (exact) mass is 289 g/mol. The first-order chi connectivity index (χ1) is 8.42. The first-order valence-electron chi connectivity index (χ1n) is 5.74. The highest BCUT2D eigenvalue weighted by molar-refractivity contribution is 7.89. The van der Waals surface area contributed by atoms with Gasteiger partial charge in [-0.15, -0.1) is 0 Å². The average Bonchev–Trinajstić information content (AvgIpc) is 2.35. The van der Waals surface area contributed by atoms with Gasteiger partial charge in [0.25, 0.3) is 0 Å². The van der Waals surface area contributed by atoms with Crippen molar-refractivity contribution in [2.45, 2.75) is 31.6 Å². The Morgan fingerprint density at radius 2 is 2.00 bits per heavy atom. The quantitative estimate of drug-likeness (QED) is 0.819. The van der Waals surface area contributed by atoms with Crippen LogP contribution < -0.4 is 4.72 Å². The minimum atomic E-state index is -3.65. The van der Waals surface area contributed by atoms with E-state index in [0.717, 1.165) is 0 Å². The summed E-state index contributed by atoms with van der Waals surface area (Å²) < 4.78 is 26.4. The molecule has 0 radical (unpaired) electrons. The van der Waals surface area contributed by atoms with Crippen LogP contribution in [0, 0.1) is 0 Å². The van der Waals surface area contributed by atoms with Crippen molar-refractivity contribution in [1.29, 1.82) is 0 Å². The van der Waals surface area contributed by atoms with Crippen molar-refractivity contribution in [3.05, 3.63) is 28.8 Å². The van der Waals surface area contributed by atoms with Crippen molar-refractivity contribution in [3.8, 4) is 0 Å². The predicted molar refractivity (Wildman–Crippen MR) is 71.6 cm³/mol. The molecule has 0 heterocycles. The molecule has 0 aliphatic carbocycles. The zero-order valence-electron chi connectivity index (χ0n) is 10.4. The van der Waals surface area contributed by atoms with Gasteiger partial charge >= 0.3 is 0 Å². The molecular formula is C12H16ClNO3S. The summed E-state index contributed by atoms with van der Waals surface area (Å²) in [5.74, 6) is -0.112. The van der Waals surface area contributed by atoms with Crippen LogP contribution in [0.25, 0.3) is 0 Å². The first kappa shape index (κ1) is 15.1. The third kappa shape index (κ3) is 3.54. The number of nitrogens with one attached hydrogen (secondary N) is 1. The lowest BCUT2D eigenvalue weighted by Crippen LogP contribution is -2.25. The molecule has 0 saturated carbocycles. The number of benzene rings is 1. The molecule has 100 valence electrons. The van der Waals surface area contributed by atoms with Crippen molar-refractivity contribution >= 4 is 27.4 Å². The van der Waals surface area contributed by atoms with E-state index in [1.54, 1.807) is 6.92 Å². The molecule has 4 nitrogen and oxygen atoms in total. The van der Waals surface area contributed by atoms with Gasteiger partial charge in [-0.2, -0.15) is 0 Å². The fourth-order valence-corrected chi connectivity index (χ4v) is 3.06. The minimum absolute atomic E-state index is 0.0445. The lowest BCUT2D eigenvalue weighted by Gasteiger charge is -2.09. The van der Waals surface area contributed by atoms with E-state index in [2.05, 4.69) is 4.72 Å². The number of Topliss-reactive ketones (excluding diaryl/α,β-unsaturated/α-hetero) is 1. The van der Waals surface area contributed by atoms with Gasteiger partial charge in [0.2, 0.25) is 10.0 Å². The molecule has 0 saturated heterocycles. The van der Waals surface area contributed by atoms with Gasteiger partial charge in [-0.25, -0.2) is 13.1 Å². The largest absolute Gasteiger partial charge is 0.294 e. The maximum absolute atomic E-state index is 12.0. The SMILES string of the molecule is CCCNS(=O)(=O)c1cc(C(=O)CC)ccc1Cl. The Balaban J connectivity index is 3.19. The van der Waals surface area contributed by atoms with Gasteiger partial charge in [0.15, 0.2) is 5.78 Å². The normalized spacial score (nSPS) is 11.5. The summed E-state index contributed by atoms with van der Waals surface area (Å²) in [5, 5.41) is 0.117.